The minimum Gasteiger partial charge on any atom is -0.486 e. The van der Waals surface area contributed by atoms with E-state index in [1.54, 1.807) is 6.08 Å². The second kappa shape index (κ2) is 8.37. The van der Waals surface area contributed by atoms with E-state index in [0.29, 0.717) is 53.9 Å². The molecule has 0 fully saturated rings. The molecule has 1 aromatic heterocycles. The lowest BCUT2D eigenvalue weighted by Gasteiger charge is -2.19. The summed E-state index contributed by atoms with van der Waals surface area (Å²) < 4.78 is 16.3. The number of hydrogen-bond acceptors (Lipinski definition) is 6. The van der Waals surface area contributed by atoms with Gasteiger partial charge in [-0.3, -0.25) is 0 Å². The Balaban J connectivity index is 0.00000208. The molecule has 0 radical (unpaired) electrons. The van der Waals surface area contributed by atoms with E-state index in [1.807, 2.05) is 25.3 Å². The first-order valence-corrected chi connectivity index (χ1v) is 7.80. The Kier molecular flexibility index (Phi) is 6.48. The summed E-state index contributed by atoms with van der Waals surface area (Å²) in [6.45, 7) is 3.09. The molecule has 6 nitrogen and oxygen atoms in total. The first kappa shape index (κ1) is 18.6. The number of benzene rings is 1. The molecule has 1 N–H and O–H groups in total. The second-order valence-corrected chi connectivity index (χ2v) is 5.71. The zero-order valence-electron chi connectivity index (χ0n) is 13.4. The Morgan fingerprint density at radius 2 is 2.08 bits per heavy atom. The third kappa shape index (κ3) is 4.41. The standard InChI is InChI=1S/C16H18ClN3O3.ClH/c1-10(18-2)7-14-19-15(23-20-14)4-3-11-8-12(17)16-13(9-11)21-5-6-22-16;/h3-4,8-10,18H,5-7H2,1-2H3;1H/b4-3+;. The van der Waals surface area contributed by atoms with Crippen LogP contribution < -0.4 is 14.8 Å². The van der Waals surface area contributed by atoms with Gasteiger partial charge in [0.25, 0.3) is 5.89 Å². The monoisotopic (exact) mass is 371 g/mol. The topological polar surface area (TPSA) is 69.4 Å². The van der Waals surface area contributed by atoms with E-state index in [1.165, 1.54) is 0 Å². The maximum atomic E-state index is 6.21. The number of nitrogens with one attached hydrogen (secondary N) is 1. The fourth-order valence-corrected chi connectivity index (χ4v) is 2.46. The van der Waals surface area contributed by atoms with Crippen LogP contribution in [0.15, 0.2) is 16.7 Å². The van der Waals surface area contributed by atoms with Crippen LogP contribution >= 0.6 is 24.0 Å². The zero-order chi connectivity index (χ0) is 16.2. The fourth-order valence-electron chi connectivity index (χ4n) is 2.19. The highest BCUT2D eigenvalue weighted by atomic mass is 35.5. The predicted molar refractivity (Wildman–Crippen MR) is 95.1 cm³/mol. The molecule has 0 spiro atoms. The van der Waals surface area contributed by atoms with Crippen LogP contribution in [0, 0.1) is 0 Å². The van der Waals surface area contributed by atoms with E-state index in [2.05, 4.69) is 22.4 Å². The minimum atomic E-state index is 0. The second-order valence-electron chi connectivity index (χ2n) is 5.30. The third-order valence-corrected chi connectivity index (χ3v) is 3.78. The summed E-state index contributed by atoms with van der Waals surface area (Å²) in [5.74, 6) is 2.37. The molecule has 130 valence electrons. The van der Waals surface area contributed by atoms with Gasteiger partial charge >= 0.3 is 0 Å². The van der Waals surface area contributed by atoms with Crippen molar-refractivity contribution in [1.82, 2.24) is 15.5 Å². The largest absolute Gasteiger partial charge is 0.486 e. The van der Waals surface area contributed by atoms with Crippen molar-refractivity contribution in [2.75, 3.05) is 20.3 Å². The number of aromatic nitrogens is 2. The number of halogens is 2. The fraction of sp³-hybridized carbons (Fsp3) is 0.375. The van der Waals surface area contributed by atoms with Gasteiger partial charge in [-0.15, -0.1) is 12.4 Å². The molecule has 3 rings (SSSR count). The minimum absolute atomic E-state index is 0. The molecule has 0 saturated heterocycles. The molecular formula is C16H19Cl2N3O3. The highest BCUT2D eigenvalue weighted by molar-refractivity contribution is 6.32. The third-order valence-electron chi connectivity index (χ3n) is 3.50. The number of rotatable bonds is 5. The summed E-state index contributed by atoms with van der Waals surface area (Å²) in [5, 5.41) is 7.62. The average molecular weight is 372 g/mol. The lowest BCUT2D eigenvalue weighted by Crippen LogP contribution is -2.24. The predicted octanol–water partition coefficient (Wildman–Crippen LogP) is 3.24. The van der Waals surface area contributed by atoms with Gasteiger partial charge in [-0.1, -0.05) is 16.8 Å². The SMILES string of the molecule is CNC(C)Cc1noc(/C=C/c2cc(Cl)c3c(c2)OCCO3)n1.Cl. The smallest absolute Gasteiger partial charge is 0.250 e. The van der Waals surface area contributed by atoms with E-state index in [4.69, 9.17) is 25.6 Å². The number of ether oxygens (including phenoxy) is 2. The molecule has 1 atom stereocenters. The van der Waals surface area contributed by atoms with Gasteiger partial charge in [0.05, 0.1) is 5.02 Å². The van der Waals surface area contributed by atoms with Crippen LogP contribution in [0.4, 0.5) is 0 Å². The van der Waals surface area contributed by atoms with Crippen LogP contribution in [0.5, 0.6) is 11.5 Å². The van der Waals surface area contributed by atoms with Crippen molar-refractivity contribution >= 4 is 36.2 Å². The van der Waals surface area contributed by atoms with E-state index in [9.17, 15) is 0 Å². The molecule has 2 aromatic rings. The summed E-state index contributed by atoms with van der Waals surface area (Å²) in [4.78, 5) is 4.33. The van der Waals surface area contributed by atoms with Crippen molar-refractivity contribution in [2.24, 2.45) is 0 Å². The van der Waals surface area contributed by atoms with E-state index < -0.39 is 0 Å². The summed E-state index contributed by atoms with van der Waals surface area (Å²) in [6.07, 6.45) is 4.31. The molecule has 1 aliphatic rings. The van der Waals surface area contributed by atoms with Gasteiger partial charge in [0.1, 0.15) is 13.2 Å². The van der Waals surface area contributed by atoms with E-state index in [0.717, 1.165) is 5.56 Å². The van der Waals surface area contributed by atoms with Crippen molar-refractivity contribution in [1.29, 1.82) is 0 Å². The molecule has 1 aliphatic heterocycles. The van der Waals surface area contributed by atoms with Gasteiger partial charge in [0.15, 0.2) is 17.3 Å². The summed E-state index contributed by atoms with van der Waals surface area (Å²) >= 11 is 6.21. The van der Waals surface area contributed by atoms with E-state index in [-0.39, 0.29) is 12.4 Å². The molecule has 8 heteroatoms. The Labute approximate surface area is 151 Å². The van der Waals surface area contributed by atoms with Gasteiger partial charge in [-0.05, 0) is 37.7 Å². The van der Waals surface area contributed by atoms with Crippen LogP contribution in [-0.2, 0) is 6.42 Å². The molecule has 2 heterocycles. The summed E-state index contributed by atoms with van der Waals surface area (Å²) in [7, 11) is 1.90. The molecule has 0 amide bonds. The van der Waals surface area contributed by atoms with Gasteiger partial charge in [0.2, 0.25) is 0 Å². The highest BCUT2D eigenvalue weighted by Crippen LogP contribution is 2.38. The van der Waals surface area contributed by atoms with Crippen molar-refractivity contribution in [3.63, 3.8) is 0 Å². The quantitative estimate of drug-likeness (QED) is 0.869. The van der Waals surface area contributed by atoms with E-state index >= 15 is 0 Å². The Morgan fingerprint density at radius 1 is 1.29 bits per heavy atom. The normalized spacial score (nSPS) is 14.5. The number of nitrogens with zero attached hydrogens (tertiary/aromatic N) is 2. The van der Waals surface area contributed by atoms with Crippen LogP contribution in [0.2, 0.25) is 5.02 Å². The highest BCUT2D eigenvalue weighted by Gasteiger charge is 2.16. The average Bonchev–Trinajstić information content (AvgIpc) is 3.00. The van der Waals surface area contributed by atoms with Crippen molar-refractivity contribution in [2.45, 2.75) is 19.4 Å². The molecule has 0 bridgehead atoms. The van der Waals surface area contributed by atoms with Crippen molar-refractivity contribution < 1.29 is 14.0 Å². The maximum absolute atomic E-state index is 6.21. The van der Waals surface area contributed by atoms with Gasteiger partial charge in [-0.25, -0.2) is 0 Å². The van der Waals surface area contributed by atoms with Crippen molar-refractivity contribution in [3.05, 3.63) is 34.4 Å². The van der Waals surface area contributed by atoms with Crippen molar-refractivity contribution in [3.8, 4) is 11.5 Å². The first-order valence-electron chi connectivity index (χ1n) is 7.43. The van der Waals surface area contributed by atoms with Gasteiger partial charge < -0.3 is 19.3 Å². The Hall–Kier alpha value is -1.76. The number of likely N-dealkylation sites (N-methyl/N-ethyl adjacent to an activating group) is 1. The lowest BCUT2D eigenvalue weighted by atomic mass is 10.2. The zero-order valence-corrected chi connectivity index (χ0v) is 15.0. The molecular weight excluding hydrogens is 353 g/mol. The lowest BCUT2D eigenvalue weighted by molar-refractivity contribution is 0.171. The summed E-state index contributed by atoms with van der Waals surface area (Å²) in [5.41, 5.74) is 0.877. The molecule has 24 heavy (non-hydrogen) atoms. The first-order chi connectivity index (χ1) is 11.2. The molecule has 1 unspecified atom stereocenters. The molecule has 0 aliphatic carbocycles. The maximum Gasteiger partial charge on any atom is 0.250 e. The van der Waals surface area contributed by atoms with Gasteiger partial charge in [0, 0.05) is 18.5 Å². The van der Waals surface area contributed by atoms with Gasteiger partial charge in [-0.2, -0.15) is 4.98 Å². The van der Waals surface area contributed by atoms with Crippen LogP contribution in [0.25, 0.3) is 12.2 Å². The number of fused-ring (bicyclic) bond motifs is 1. The van der Waals surface area contributed by atoms with Crippen LogP contribution in [0.3, 0.4) is 0 Å². The molecule has 1 aromatic carbocycles. The van der Waals surface area contributed by atoms with Crippen LogP contribution in [0.1, 0.15) is 24.2 Å². The Bertz CT molecular complexity index is 719. The summed E-state index contributed by atoms with van der Waals surface area (Å²) in [6, 6.07) is 3.98. The Morgan fingerprint density at radius 3 is 2.88 bits per heavy atom. The van der Waals surface area contributed by atoms with Crippen LogP contribution in [-0.4, -0.2) is 36.4 Å². The molecule has 0 saturated carbocycles. The number of hydrogen-bond donors (Lipinski definition) is 1.